The monoisotopic (exact) mass is 408 g/mol. The summed E-state index contributed by atoms with van der Waals surface area (Å²) in [6, 6.07) is 13.3. The van der Waals surface area contributed by atoms with E-state index in [9.17, 15) is 4.79 Å². The molecule has 0 aromatic heterocycles. The lowest BCUT2D eigenvalue weighted by Gasteiger charge is -2.16. The maximum Gasteiger partial charge on any atom is 0.267 e. The number of carbonyl (C=O) groups is 1. The van der Waals surface area contributed by atoms with Gasteiger partial charge in [0, 0.05) is 5.69 Å². The average molecular weight is 409 g/mol. The van der Waals surface area contributed by atoms with Crippen LogP contribution >= 0.6 is 47.2 Å². The smallest absolute Gasteiger partial charge is 0.267 e. The van der Waals surface area contributed by atoms with Crippen LogP contribution in [0.3, 0.4) is 0 Å². The number of thiocarbonyl (C=S) groups is 1. The van der Waals surface area contributed by atoms with Crippen LogP contribution in [-0.2, 0) is 4.79 Å². The maximum atomic E-state index is 12.6. The minimum atomic E-state index is -0.147. The van der Waals surface area contributed by atoms with E-state index >= 15 is 0 Å². The van der Waals surface area contributed by atoms with Crippen molar-refractivity contribution < 1.29 is 4.79 Å². The molecule has 1 heterocycles. The third-order valence-electron chi connectivity index (χ3n) is 3.60. The standard InChI is InChI=1S/C18H14Cl2N2OS2/c1-11-4-2-6-13(8-11)21-10-22-17(23)15(25-18(22)24)9-12-5-3-7-14(19)16(12)20/h2-9,21H,10H2,1H3/b15-9+. The number of halogens is 2. The summed E-state index contributed by atoms with van der Waals surface area (Å²) < 4.78 is 0.509. The zero-order chi connectivity index (χ0) is 18.0. The van der Waals surface area contributed by atoms with Gasteiger partial charge < -0.3 is 5.32 Å². The number of aryl methyl sites for hydroxylation is 1. The van der Waals surface area contributed by atoms with Crippen LogP contribution in [0.15, 0.2) is 47.4 Å². The fourth-order valence-corrected chi connectivity index (χ4v) is 3.94. The van der Waals surface area contributed by atoms with Gasteiger partial charge in [-0.1, -0.05) is 71.4 Å². The van der Waals surface area contributed by atoms with Crippen LogP contribution in [0.25, 0.3) is 6.08 Å². The van der Waals surface area contributed by atoms with Gasteiger partial charge in [0.25, 0.3) is 5.91 Å². The summed E-state index contributed by atoms with van der Waals surface area (Å²) in [5, 5.41) is 4.10. The van der Waals surface area contributed by atoms with E-state index in [-0.39, 0.29) is 5.91 Å². The molecule has 0 saturated carbocycles. The van der Waals surface area contributed by atoms with Crippen molar-refractivity contribution in [2.24, 2.45) is 0 Å². The Hall–Kier alpha value is -1.53. The molecule has 0 aliphatic carbocycles. The second-order valence-electron chi connectivity index (χ2n) is 5.46. The molecule has 1 N–H and O–H groups in total. The highest BCUT2D eigenvalue weighted by atomic mass is 35.5. The fraction of sp³-hybridized carbons (Fsp3) is 0.111. The van der Waals surface area contributed by atoms with Gasteiger partial charge in [-0.15, -0.1) is 0 Å². The van der Waals surface area contributed by atoms with Gasteiger partial charge in [0.15, 0.2) is 0 Å². The molecule has 3 rings (SSSR count). The normalized spacial score (nSPS) is 16.0. The fourth-order valence-electron chi connectivity index (χ4n) is 2.33. The van der Waals surface area contributed by atoms with Crippen molar-refractivity contribution in [2.75, 3.05) is 12.0 Å². The summed E-state index contributed by atoms with van der Waals surface area (Å²) in [4.78, 5) is 14.7. The van der Waals surface area contributed by atoms with Gasteiger partial charge in [-0.25, -0.2) is 0 Å². The van der Waals surface area contributed by atoms with E-state index in [2.05, 4.69) is 5.32 Å². The molecule has 0 atom stereocenters. The van der Waals surface area contributed by atoms with Crippen LogP contribution in [0.1, 0.15) is 11.1 Å². The van der Waals surface area contributed by atoms with Crippen LogP contribution in [0.2, 0.25) is 10.0 Å². The number of anilines is 1. The summed E-state index contributed by atoms with van der Waals surface area (Å²) in [5.74, 6) is -0.147. The molecule has 0 bridgehead atoms. The number of carbonyl (C=O) groups excluding carboxylic acids is 1. The minimum absolute atomic E-state index is 0.147. The van der Waals surface area contributed by atoms with Gasteiger partial charge in [-0.2, -0.15) is 0 Å². The maximum absolute atomic E-state index is 12.6. The first-order valence-corrected chi connectivity index (χ1v) is 9.43. The summed E-state index contributed by atoms with van der Waals surface area (Å²) >= 11 is 18.8. The largest absolute Gasteiger partial charge is 0.367 e. The SMILES string of the molecule is Cc1cccc(NCN2C(=O)/C(=C\c3cccc(Cl)c3Cl)SC2=S)c1. The molecule has 3 nitrogen and oxygen atoms in total. The Morgan fingerprint density at radius 3 is 2.76 bits per heavy atom. The first kappa shape index (κ1) is 18.3. The molecule has 1 fully saturated rings. The zero-order valence-electron chi connectivity index (χ0n) is 13.3. The molecule has 25 heavy (non-hydrogen) atoms. The lowest BCUT2D eigenvalue weighted by Crippen LogP contribution is -2.33. The van der Waals surface area contributed by atoms with E-state index in [0.717, 1.165) is 11.3 Å². The molecule has 128 valence electrons. The average Bonchev–Trinajstić information content (AvgIpc) is 2.84. The number of hydrogen-bond acceptors (Lipinski definition) is 4. The molecule has 7 heteroatoms. The van der Waals surface area contributed by atoms with E-state index in [0.29, 0.717) is 31.5 Å². The number of nitrogens with zero attached hydrogens (tertiary/aromatic N) is 1. The Labute approximate surface area is 166 Å². The van der Waals surface area contributed by atoms with Gasteiger partial charge in [0.05, 0.1) is 21.6 Å². The molecule has 0 radical (unpaired) electrons. The highest BCUT2D eigenvalue weighted by Crippen LogP contribution is 2.35. The van der Waals surface area contributed by atoms with E-state index in [4.69, 9.17) is 35.4 Å². The second kappa shape index (κ2) is 7.79. The van der Waals surface area contributed by atoms with Crippen molar-refractivity contribution in [1.29, 1.82) is 0 Å². The predicted molar refractivity (Wildman–Crippen MR) is 111 cm³/mol. The number of amides is 1. The van der Waals surface area contributed by atoms with Gasteiger partial charge in [0.2, 0.25) is 0 Å². The van der Waals surface area contributed by atoms with Crippen LogP contribution in [0.5, 0.6) is 0 Å². The van der Waals surface area contributed by atoms with Crippen molar-refractivity contribution in [3.8, 4) is 0 Å². The molecule has 1 amide bonds. The Balaban J connectivity index is 1.76. The number of hydrogen-bond donors (Lipinski definition) is 1. The predicted octanol–water partition coefficient (Wildman–Crippen LogP) is 5.57. The van der Waals surface area contributed by atoms with Crippen molar-refractivity contribution in [3.63, 3.8) is 0 Å². The Kier molecular flexibility index (Phi) is 5.69. The third kappa shape index (κ3) is 4.18. The lowest BCUT2D eigenvalue weighted by molar-refractivity contribution is -0.121. The topological polar surface area (TPSA) is 32.3 Å². The number of benzene rings is 2. The number of nitrogens with one attached hydrogen (secondary N) is 1. The third-order valence-corrected chi connectivity index (χ3v) is 5.81. The van der Waals surface area contributed by atoms with Crippen LogP contribution in [0, 0.1) is 6.92 Å². The van der Waals surface area contributed by atoms with Crippen molar-refractivity contribution >= 4 is 69.2 Å². The number of rotatable bonds is 4. The molecule has 1 aliphatic heterocycles. The van der Waals surface area contributed by atoms with Gasteiger partial charge in [-0.05, 0) is 42.3 Å². The minimum Gasteiger partial charge on any atom is -0.367 e. The molecule has 0 unspecified atom stereocenters. The van der Waals surface area contributed by atoms with Gasteiger partial charge in [-0.3, -0.25) is 9.69 Å². The quantitative estimate of drug-likeness (QED) is 0.528. The molecule has 1 aliphatic rings. The summed E-state index contributed by atoms with van der Waals surface area (Å²) in [5.41, 5.74) is 2.78. The molecular formula is C18H14Cl2N2OS2. The van der Waals surface area contributed by atoms with Crippen molar-refractivity contribution in [3.05, 3.63) is 68.5 Å². The highest BCUT2D eigenvalue weighted by molar-refractivity contribution is 8.26. The highest BCUT2D eigenvalue weighted by Gasteiger charge is 2.31. The Bertz CT molecular complexity index is 883. The lowest BCUT2D eigenvalue weighted by atomic mass is 10.2. The first-order valence-electron chi connectivity index (χ1n) is 7.45. The van der Waals surface area contributed by atoms with E-state index in [1.807, 2.05) is 37.3 Å². The molecule has 2 aromatic carbocycles. The zero-order valence-corrected chi connectivity index (χ0v) is 16.4. The van der Waals surface area contributed by atoms with Crippen molar-refractivity contribution in [2.45, 2.75) is 6.92 Å². The van der Waals surface area contributed by atoms with Crippen LogP contribution in [0.4, 0.5) is 5.69 Å². The first-order chi connectivity index (χ1) is 12.0. The van der Waals surface area contributed by atoms with Gasteiger partial charge in [0.1, 0.15) is 4.32 Å². The van der Waals surface area contributed by atoms with E-state index in [1.54, 1.807) is 18.2 Å². The second-order valence-corrected chi connectivity index (χ2v) is 7.92. The van der Waals surface area contributed by atoms with Crippen LogP contribution < -0.4 is 5.32 Å². The molecule has 2 aromatic rings. The summed E-state index contributed by atoms with van der Waals surface area (Å²) in [6.45, 7) is 2.33. The van der Waals surface area contributed by atoms with Gasteiger partial charge >= 0.3 is 0 Å². The Morgan fingerprint density at radius 1 is 1.24 bits per heavy atom. The van der Waals surface area contributed by atoms with Crippen molar-refractivity contribution in [1.82, 2.24) is 4.90 Å². The molecule has 0 spiro atoms. The van der Waals surface area contributed by atoms with E-state index in [1.165, 1.54) is 16.7 Å². The summed E-state index contributed by atoms with van der Waals surface area (Å²) in [6.07, 6.45) is 1.72. The molecular weight excluding hydrogens is 395 g/mol. The van der Waals surface area contributed by atoms with E-state index < -0.39 is 0 Å². The number of thioether (sulfide) groups is 1. The molecule has 1 saturated heterocycles. The Morgan fingerprint density at radius 2 is 2.00 bits per heavy atom. The summed E-state index contributed by atoms with van der Waals surface area (Å²) in [7, 11) is 0. The van der Waals surface area contributed by atoms with Crippen LogP contribution in [-0.4, -0.2) is 21.8 Å².